The van der Waals surface area contributed by atoms with Gasteiger partial charge in [0, 0.05) is 14.1 Å². The molecule has 1 aliphatic carbocycles. The predicted molar refractivity (Wildman–Crippen MR) is 107 cm³/mol. The van der Waals surface area contributed by atoms with Crippen LogP contribution in [0.1, 0.15) is 35.7 Å². The Labute approximate surface area is 162 Å². The first kappa shape index (κ1) is 17.1. The van der Waals surface area contributed by atoms with Crippen molar-refractivity contribution in [2.24, 2.45) is 20.0 Å². The Bertz CT molecular complexity index is 1220. The van der Waals surface area contributed by atoms with Crippen molar-refractivity contribution >= 4 is 27.9 Å². The number of fused-ring (bicyclic) bond motifs is 2. The number of imidazole rings is 2. The van der Waals surface area contributed by atoms with Crippen LogP contribution in [-0.2, 0) is 19.7 Å². The van der Waals surface area contributed by atoms with Crippen molar-refractivity contribution in [3.8, 4) is 0 Å². The van der Waals surface area contributed by atoms with Gasteiger partial charge in [0.25, 0.3) is 0 Å². The minimum atomic E-state index is -1.29. The van der Waals surface area contributed by atoms with Crippen molar-refractivity contribution in [2.75, 3.05) is 0 Å². The van der Waals surface area contributed by atoms with Gasteiger partial charge in [-0.2, -0.15) is 0 Å². The van der Waals surface area contributed by atoms with E-state index in [1.807, 2.05) is 71.8 Å². The van der Waals surface area contributed by atoms with Gasteiger partial charge in [0.05, 0.1) is 28.0 Å². The lowest BCUT2D eigenvalue weighted by molar-refractivity contribution is -0.00644. The standard InChI is InChI=1S/C22H22N4O2/c1-25-17-11-5-3-9-15(17)23-20(25)19(27)14-8-7-13-22(14,28)21-24-16-10-4-6-12-18(16)26(21)2/h3-6,9-12,14,28H,7-8,13H2,1-2H3/t14-,22-/m0/s1. The summed E-state index contributed by atoms with van der Waals surface area (Å²) < 4.78 is 3.74. The molecule has 0 saturated heterocycles. The van der Waals surface area contributed by atoms with Crippen molar-refractivity contribution in [1.29, 1.82) is 0 Å². The second kappa shape index (κ2) is 6.01. The molecule has 142 valence electrons. The summed E-state index contributed by atoms with van der Waals surface area (Å²) >= 11 is 0. The number of hydrogen-bond donors (Lipinski definition) is 1. The fraction of sp³-hybridized carbons (Fsp3) is 0.318. The van der Waals surface area contributed by atoms with Crippen LogP contribution in [0, 0.1) is 5.92 Å². The Morgan fingerprint density at radius 3 is 2.25 bits per heavy atom. The van der Waals surface area contributed by atoms with Crippen LogP contribution in [0.25, 0.3) is 22.1 Å². The molecule has 1 N–H and O–H groups in total. The molecule has 2 heterocycles. The van der Waals surface area contributed by atoms with Crippen LogP contribution in [-0.4, -0.2) is 30.0 Å². The molecule has 4 aromatic rings. The number of benzene rings is 2. The molecule has 0 amide bonds. The Morgan fingerprint density at radius 1 is 1.00 bits per heavy atom. The molecule has 28 heavy (non-hydrogen) atoms. The summed E-state index contributed by atoms with van der Waals surface area (Å²) in [6.45, 7) is 0. The van der Waals surface area contributed by atoms with Gasteiger partial charge in [-0.15, -0.1) is 0 Å². The van der Waals surface area contributed by atoms with Crippen LogP contribution in [0.15, 0.2) is 48.5 Å². The van der Waals surface area contributed by atoms with Crippen molar-refractivity contribution in [1.82, 2.24) is 19.1 Å². The number of aromatic nitrogens is 4. The van der Waals surface area contributed by atoms with Gasteiger partial charge in [-0.3, -0.25) is 4.79 Å². The van der Waals surface area contributed by atoms with Crippen molar-refractivity contribution in [3.05, 3.63) is 60.2 Å². The maximum Gasteiger partial charge on any atom is 0.204 e. The normalized spacial score (nSPS) is 22.3. The summed E-state index contributed by atoms with van der Waals surface area (Å²) in [6, 6.07) is 15.5. The molecule has 2 atom stereocenters. The number of Topliss-reactive ketones (excluding diaryl/α,β-unsaturated/α-hetero) is 1. The first-order chi connectivity index (χ1) is 13.5. The summed E-state index contributed by atoms with van der Waals surface area (Å²) in [6.07, 6.45) is 1.92. The van der Waals surface area contributed by atoms with Gasteiger partial charge in [0.2, 0.25) is 5.78 Å². The van der Waals surface area contributed by atoms with Crippen LogP contribution >= 0.6 is 0 Å². The monoisotopic (exact) mass is 374 g/mol. The second-order valence-corrected chi connectivity index (χ2v) is 7.70. The maximum absolute atomic E-state index is 13.5. The molecule has 6 nitrogen and oxygen atoms in total. The van der Waals surface area contributed by atoms with E-state index in [1.165, 1.54) is 0 Å². The third-order valence-electron chi connectivity index (χ3n) is 6.13. The molecule has 0 unspecified atom stereocenters. The number of ketones is 1. The molecule has 6 heteroatoms. The minimum Gasteiger partial charge on any atom is -0.381 e. The number of aliphatic hydroxyl groups is 1. The maximum atomic E-state index is 13.5. The van der Waals surface area contributed by atoms with E-state index in [-0.39, 0.29) is 5.78 Å². The van der Waals surface area contributed by atoms with E-state index in [0.29, 0.717) is 24.5 Å². The topological polar surface area (TPSA) is 72.9 Å². The highest BCUT2D eigenvalue weighted by atomic mass is 16.3. The van der Waals surface area contributed by atoms with Crippen molar-refractivity contribution in [2.45, 2.75) is 24.9 Å². The zero-order chi connectivity index (χ0) is 19.5. The van der Waals surface area contributed by atoms with E-state index in [1.54, 1.807) is 0 Å². The average Bonchev–Trinajstić information content (AvgIpc) is 3.37. The van der Waals surface area contributed by atoms with E-state index in [4.69, 9.17) is 4.98 Å². The number of carbonyl (C=O) groups excluding carboxylic acids is 1. The average molecular weight is 374 g/mol. The Morgan fingerprint density at radius 2 is 1.61 bits per heavy atom. The lowest BCUT2D eigenvalue weighted by atomic mass is 9.86. The van der Waals surface area contributed by atoms with Gasteiger partial charge >= 0.3 is 0 Å². The van der Waals surface area contributed by atoms with E-state index in [0.717, 1.165) is 28.5 Å². The minimum absolute atomic E-state index is 0.120. The zero-order valence-electron chi connectivity index (χ0n) is 16.0. The fourth-order valence-electron chi connectivity index (χ4n) is 4.66. The van der Waals surface area contributed by atoms with Crippen LogP contribution in [0.5, 0.6) is 0 Å². The Hall–Kier alpha value is -2.99. The summed E-state index contributed by atoms with van der Waals surface area (Å²) in [5, 5.41) is 11.7. The van der Waals surface area contributed by atoms with Gasteiger partial charge in [-0.05, 0) is 43.5 Å². The molecule has 2 aromatic heterocycles. The van der Waals surface area contributed by atoms with Crippen LogP contribution in [0.3, 0.4) is 0 Å². The second-order valence-electron chi connectivity index (χ2n) is 7.70. The zero-order valence-corrected chi connectivity index (χ0v) is 16.0. The molecule has 0 aliphatic heterocycles. The van der Waals surface area contributed by atoms with Crippen LogP contribution in [0.4, 0.5) is 0 Å². The third-order valence-corrected chi connectivity index (χ3v) is 6.13. The summed E-state index contributed by atoms with van der Waals surface area (Å²) in [5.74, 6) is 0.276. The largest absolute Gasteiger partial charge is 0.381 e. The number of rotatable bonds is 3. The molecular formula is C22H22N4O2. The smallest absolute Gasteiger partial charge is 0.204 e. The van der Waals surface area contributed by atoms with Crippen molar-refractivity contribution in [3.63, 3.8) is 0 Å². The number of aryl methyl sites for hydroxylation is 2. The highest BCUT2D eigenvalue weighted by Crippen LogP contribution is 2.45. The van der Waals surface area contributed by atoms with Gasteiger partial charge in [-0.1, -0.05) is 24.3 Å². The molecule has 0 spiro atoms. The summed E-state index contributed by atoms with van der Waals surface area (Å²) in [5.41, 5.74) is 2.19. The highest BCUT2D eigenvalue weighted by molar-refractivity contribution is 5.99. The van der Waals surface area contributed by atoms with E-state index >= 15 is 0 Å². The Balaban J connectivity index is 1.61. The molecule has 5 rings (SSSR count). The number of nitrogens with zero attached hydrogens (tertiary/aromatic N) is 4. The summed E-state index contributed by atoms with van der Waals surface area (Å²) in [7, 11) is 3.75. The van der Waals surface area contributed by atoms with Gasteiger partial charge in [0.15, 0.2) is 5.82 Å². The Kier molecular flexibility index (Phi) is 3.67. The predicted octanol–water partition coefficient (Wildman–Crippen LogP) is 3.33. The third kappa shape index (κ3) is 2.27. The SMILES string of the molecule is Cn1c(C(=O)[C@@H]2CCC[C@@]2(O)c2nc3ccccc3n2C)nc2ccccc21. The lowest BCUT2D eigenvalue weighted by Gasteiger charge is -2.28. The molecule has 1 saturated carbocycles. The first-order valence-corrected chi connectivity index (χ1v) is 9.60. The fourth-order valence-corrected chi connectivity index (χ4v) is 4.66. The summed E-state index contributed by atoms with van der Waals surface area (Å²) in [4.78, 5) is 22.7. The van der Waals surface area contributed by atoms with E-state index < -0.39 is 11.5 Å². The molecular weight excluding hydrogens is 352 g/mol. The van der Waals surface area contributed by atoms with E-state index in [2.05, 4.69) is 4.98 Å². The quantitative estimate of drug-likeness (QED) is 0.558. The number of para-hydroxylation sites is 4. The van der Waals surface area contributed by atoms with Crippen LogP contribution in [0.2, 0.25) is 0 Å². The molecule has 2 aromatic carbocycles. The number of carbonyl (C=O) groups is 1. The lowest BCUT2D eigenvalue weighted by Crippen LogP contribution is -2.38. The van der Waals surface area contributed by atoms with Crippen molar-refractivity contribution < 1.29 is 9.90 Å². The van der Waals surface area contributed by atoms with Gasteiger partial charge in [0.1, 0.15) is 11.4 Å². The number of hydrogen-bond acceptors (Lipinski definition) is 4. The van der Waals surface area contributed by atoms with E-state index in [9.17, 15) is 9.90 Å². The highest BCUT2D eigenvalue weighted by Gasteiger charge is 2.50. The molecule has 0 radical (unpaired) electrons. The molecule has 1 aliphatic rings. The first-order valence-electron chi connectivity index (χ1n) is 9.60. The van der Waals surface area contributed by atoms with Gasteiger partial charge < -0.3 is 14.2 Å². The molecule has 1 fully saturated rings. The van der Waals surface area contributed by atoms with Gasteiger partial charge in [-0.25, -0.2) is 9.97 Å². The molecule has 0 bridgehead atoms. The van der Waals surface area contributed by atoms with Crippen LogP contribution < -0.4 is 0 Å².